The number of aliphatic hydroxyl groups excluding tert-OH is 1. The van der Waals surface area contributed by atoms with Crippen LogP contribution in [0.15, 0.2) is 53.4 Å². The number of ether oxygens (including phenoxy) is 4. The van der Waals surface area contributed by atoms with Crippen LogP contribution in [0.2, 0.25) is 0 Å². The summed E-state index contributed by atoms with van der Waals surface area (Å²) in [5, 5.41) is 23.9. The number of aliphatic hydroxyl groups is 1. The highest BCUT2D eigenvalue weighted by atomic mass is 32.2. The van der Waals surface area contributed by atoms with E-state index in [1.807, 2.05) is 13.8 Å². The molecule has 0 aliphatic carbocycles. The molecule has 0 bridgehead atoms. The van der Waals surface area contributed by atoms with Crippen molar-refractivity contribution in [2.45, 2.75) is 63.0 Å². The number of phenolic OH excluding ortho intramolecular Hbond substituents is 1. The van der Waals surface area contributed by atoms with Gasteiger partial charge in [0, 0.05) is 13.1 Å². The number of rotatable bonds is 16. The molecule has 2 fully saturated rings. The van der Waals surface area contributed by atoms with Crippen molar-refractivity contribution in [3.63, 3.8) is 0 Å². The molecule has 16 heteroatoms. The fraction of sp³-hybridized carbons (Fsp3) is 0.567. The molecule has 2 aliphatic heterocycles. The highest BCUT2D eigenvalue weighted by Crippen LogP contribution is 2.41. The Morgan fingerprint density at radius 3 is 2.46 bits per heavy atom. The normalized spacial score (nSPS) is 22.3. The molecule has 46 heavy (non-hydrogen) atoms. The Morgan fingerprint density at radius 2 is 1.80 bits per heavy atom. The van der Waals surface area contributed by atoms with Crippen LogP contribution in [0.5, 0.6) is 11.5 Å². The van der Waals surface area contributed by atoms with Crippen molar-refractivity contribution in [1.29, 1.82) is 0 Å². The number of hydrogen-bond donors (Lipinski definition) is 4. The van der Waals surface area contributed by atoms with E-state index in [-0.39, 0.29) is 55.2 Å². The molecule has 2 heterocycles. The van der Waals surface area contributed by atoms with Gasteiger partial charge in [0.05, 0.1) is 42.8 Å². The Kier molecular flexibility index (Phi) is 12.5. The number of aromatic hydroxyl groups is 1. The second kappa shape index (κ2) is 15.9. The molecule has 0 spiro atoms. The van der Waals surface area contributed by atoms with Gasteiger partial charge in [0.15, 0.2) is 12.6 Å². The second-order valence-electron chi connectivity index (χ2n) is 11.7. The monoisotopic (exact) mass is 686 g/mol. The Hall–Kier alpha value is -2.75. The summed E-state index contributed by atoms with van der Waals surface area (Å²) >= 11 is 0. The van der Waals surface area contributed by atoms with Gasteiger partial charge in [-0.15, -0.1) is 0 Å². The van der Waals surface area contributed by atoms with Crippen molar-refractivity contribution in [3.05, 3.63) is 54.1 Å². The lowest BCUT2D eigenvalue weighted by Gasteiger charge is -2.31. The van der Waals surface area contributed by atoms with Gasteiger partial charge in [0.25, 0.3) is 0 Å². The van der Waals surface area contributed by atoms with Crippen LogP contribution in [-0.4, -0.2) is 97.7 Å². The number of nitrogens with one attached hydrogen (secondary N) is 1. The largest absolute Gasteiger partial charge is 0.508 e. The van der Waals surface area contributed by atoms with Gasteiger partial charge in [-0.3, -0.25) is 4.57 Å². The van der Waals surface area contributed by atoms with Gasteiger partial charge >= 0.3 is 13.7 Å². The summed E-state index contributed by atoms with van der Waals surface area (Å²) in [6, 6.07) is 10.6. The molecule has 256 valence electrons. The number of benzene rings is 2. The van der Waals surface area contributed by atoms with E-state index >= 15 is 0 Å². The molecular formula is C30H43N2O12PS. The van der Waals surface area contributed by atoms with Crippen LogP contribution in [0.3, 0.4) is 0 Å². The lowest BCUT2D eigenvalue weighted by Crippen LogP contribution is -2.51. The van der Waals surface area contributed by atoms with Gasteiger partial charge in [-0.05, 0) is 67.6 Å². The second-order valence-corrected chi connectivity index (χ2v) is 15.4. The van der Waals surface area contributed by atoms with Gasteiger partial charge in [-0.1, -0.05) is 26.0 Å². The van der Waals surface area contributed by atoms with E-state index in [9.17, 15) is 32.9 Å². The minimum absolute atomic E-state index is 0.0519. The number of phenols is 1. The third-order valence-corrected chi connectivity index (χ3v) is 10.5. The first-order valence-electron chi connectivity index (χ1n) is 15.1. The molecule has 1 unspecified atom stereocenters. The number of carbonyl (C=O) groups is 1. The maximum Gasteiger partial charge on any atom is 0.407 e. The van der Waals surface area contributed by atoms with Crippen LogP contribution < -0.4 is 10.1 Å². The average molecular weight is 687 g/mol. The van der Waals surface area contributed by atoms with Gasteiger partial charge in [0.1, 0.15) is 17.6 Å². The third kappa shape index (κ3) is 9.88. The highest BCUT2D eigenvalue weighted by Gasteiger charge is 2.44. The van der Waals surface area contributed by atoms with E-state index < -0.39 is 54.6 Å². The Balaban J connectivity index is 1.51. The molecule has 0 saturated carbocycles. The SMILES string of the molecule is CCOP(=O)(O)COc1ccc(C[C@H](NC(=O)O[C@H]2CO[C@H]3OCC[C@H]32)[C@H](O)CN(CC(C)C)S(=O)(=O)c2ccc(O)cc2)cc1. The smallest absolute Gasteiger partial charge is 0.407 e. The molecule has 2 aromatic rings. The van der Waals surface area contributed by atoms with Crippen LogP contribution in [0.4, 0.5) is 4.79 Å². The molecule has 14 nitrogen and oxygen atoms in total. The molecule has 4 N–H and O–H groups in total. The van der Waals surface area contributed by atoms with Gasteiger partial charge in [0.2, 0.25) is 10.0 Å². The fourth-order valence-corrected chi connectivity index (χ4v) is 7.72. The predicted molar refractivity (Wildman–Crippen MR) is 166 cm³/mol. The summed E-state index contributed by atoms with van der Waals surface area (Å²) in [6.45, 7) is 5.76. The van der Waals surface area contributed by atoms with E-state index in [1.54, 1.807) is 31.2 Å². The maximum atomic E-state index is 13.6. The van der Waals surface area contributed by atoms with Crippen molar-refractivity contribution in [3.8, 4) is 11.5 Å². The predicted octanol–water partition coefficient (Wildman–Crippen LogP) is 3.06. The summed E-state index contributed by atoms with van der Waals surface area (Å²) in [7, 11) is -7.99. The number of amides is 1. The van der Waals surface area contributed by atoms with Crippen molar-refractivity contribution < 1.29 is 56.4 Å². The van der Waals surface area contributed by atoms with Crippen molar-refractivity contribution >= 4 is 23.7 Å². The lowest BCUT2D eigenvalue weighted by molar-refractivity contribution is -0.0907. The Bertz CT molecular complexity index is 1440. The molecule has 2 aliphatic rings. The summed E-state index contributed by atoms with van der Waals surface area (Å²) < 4.78 is 67.2. The number of sulfonamides is 1. The molecule has 1 amide bonds. The zero-order valence-corrected chi connectivity index (χ0v) is 27.8. The zero-order chi connectivity index (χ0) is 33.5. The van der Waals surface area contributed by atoms with Crippen LogP contribution in [0, 0.1) is 11.8 Å². The quantitative estimate of drug-likeness (QED) is 0.189. The fourth-order valence-electron chi connectivity index (χ4n) is 5.31. The zero-order valence-electron chi connectivity index (χ0n) is 26.1. The average Bonchev–Trinajstić information content (AvgIpc) is 3.61. The van der Waals surface area contributed by atoms with Crippen LogP contribution in [-0.2, 0) is 39.7 Å². The van der Waals surface area contributed by atoms with E-state index in [0.717, 1.165) is 4.31 Å². The molecular weight excluding hydrogens is 643 g/mol. The van der Waals surface area contributed by atoms with E-state index in [2.05, 4.69) is 5.32 Å². The van der Waals surface area contributed by atoms with Crippen LogP contribution in [0.25, 0.3) is 0 Å². The minimum Gasteiger partial charge on any atom is -0.508 e. The Morgan fingerprint density at radius 1 is 1.11 bits per heavy atom. The summed E-state index contributed by atoms with van der Waals surface area (Å²) in [4.78, 5) is 22.8. The molecule has 0 radical (unpaired) electrons. The maximum absolute atomic E-state index is 13.6. The van der Waals surface area contributed by atoms with Crippen molar-refractivity contribution in [2.24, 2.45) is 11.8 Å². The standard InChI is InChI=1S/C30H43N2O12PS/c1-4-43-45(36,37)19-42-23-9-5-21(6-10-23)15-26(31-30(35)44-28-18-41-29-25(28)13-14-40-29)27(34)17-32(16-20(2)3)46(38,39)24-11-7-22(33)8-12-24/h5-12,20,25-29,33-34H,4,13-19H2,1-3H3,(H,31,35)(H,36,37)/t25-,26-,27+,28-,29+/m0/s1. The van der Waals surface area contributed by atoms with Crippen LogP contribution in [0.1, 0.15) is 32.8 Å². The molecule has 0 aromatic heterocycles. The van der Waals surface area contributed by atoms with Gasteiger partial charge in [-0.25, -0.2) is 13.2 Å². The Labute approximate surface area is 269 Å². The number of nitrogens with zero attached hydrogens (tertiary/aromatic N) is 1. The lowest BCUT2D eigenvalue weighted by atomic mass is 10.0. The third-order valence-electron chi connectivity index (χ3n) is 7.55. The van der Waals surface area contributed by atoms with E-state index in [4.69, 9.17) is 23.5 Å². The summed E-state index contributed by atoms with van der Waals surface area (Å²) in [5.74, 6) is 0.0239. The van der Waals surface area contributed by atoms with Crippen molar-refractivity contribution in [2.75, 3.05) is 39.3 Å². The minimum atomic E-state index is -4.08. The first kappa shape index (κ1) is 36.1. The van der Waals surface area contributed by atoms with E-state index in [1.165, 1.54) is 24.3 Å². The first-order valence-corrected chi connectivity index (χ1v) is 18.3. The molecule has 2 saturated heterocycles. The molecule has 2 aromatic carbocycles. The number of alkyl carbamates (subject to hydrolysis) is 1. The van der Waals surface area contributed by atoms with Gasteiger partial charge in [-0.2, -0.15) is 4.31 Å². The topological polar surface area (TPSA) is 190 Å². The number of hydrogen-bond acceptors (Lipinski definition) is 11. The number of fused-ring (bicyclic) bond motifs is 1. The number of carbonyl (C=O) groups excluding carboxylic acids is 1. The van der Waals surface area contributed by atoms with Crippen LogP contribution >= 0.6 is 7.60 Å². The summed E-state index contributed by atoms with van der Waals surface area (Å²) in [6.07, 6.45) is -2.90. The van der Waals surface area contributed by atoms with Gasteiger partial charge < -0.3 is 43.9 Å². The molecule has 4 rings (SSSR count). The first-order chi connectivity index (χ1) is 21.8. The van der Waals surface area contributed by atoms with Crippen molar-refractivity contribution in [1.82, 2.24) is 9.62 Å². The highest BCUT2D eigenvalue weighted by molar-refractivity contribution is 7.89. The van der Waals surface area contributed by atoms with E-state index in [0.29, 0.717) is 24.3 Å². The molecule has 6 atom stereocenters. The summed E-state index contributed by atoms with van der Waals surface area (Å²) in [5.41, 5.74) is 0.652.